The number of hydrogen-bond acceptors (Lipinski definition) is 6. The lowest BCUT2D eigenvalue weighted by Gasteiger charge is -2.41. The molecule has 0 spiro atoms. The second-order valence-corrected chi connectivity index (χ2v) is 8.15. The maximum Gasteiger partial charge on any atom is 0.311 e. The molecule has 2 aromatic rings. The second-order valence-electron chi connectivity index (χ2n) is 8.15. The van der Waals surface area contributed by atoms with Crippen LogP contribution in [-0.2, 0) is 20.7 Å². The van der Waals surface area contributed by atoms with Gasteiger partial charge in [-0.3, -0.25) is 14.4 Å². The molecular formula is C21H22N2O6. The minimum Gasteiger partial charge on any atom is -0.469 e. The van der Waals surface area contributed by atoms with E-state index in [1.54, 1.807) is 0 Å². The number of para-hydroxylation sites is 1. The fourth-order valence-electron chi connectivity index (χ4n) is 5.61. The van der Waals surface area contributed by atoms with E-state index in [9.17, 15) is 24.6 Å². The molecule has 1 aromatic carbocycles. The van der Waals surface area contributed by atoms with Crippen molar-refractivity contribution in [3.8, 4) is 0 Å². The number of carbonyl (C=O) groups excluding carboxylic acids is 3. The Balaban J connectivity index is 1.69. The van der Waals surface area contributed by atoms with Crippen LogP contribution in [-0.4, -0.2) is 63.2 Å². The number of aliphatic hydroxyl groups excluding tert-OH is 1. The maximum absolute atomic E-state index is 13.7. The summed E-state index contributed by atoms with van der Waals surface area (Å²) in [5.41, 5.74) is -0.414. The molecule has 1 saturated heterocycles. The van der Waals surface area contributed by atoms with E-state index in [4.69, 9.17) is 4.74 Å². The van der Waals surface area contributed by atoms with Gasteiger partial charge in [0.1, 0.15) is 0 Å². The molecule has 5 atom stereocenters. The van der Waals surface area contributed by atoms with Gasteiger partial charge in [0.15, 0.2) is 0 Å². The Hall–Kier alpha value is -2.71. The molecule has 3 heterocycles. The molecular weight excluding hydrogens is 376 g/mol. The summed E-state index contributed by atoms with van der Waals surface area (Å²) in [7, 11) is 1.20. The summed E-state index contributed by atoms with van der Waals surface area (Å²) in [6, 6.07) is 7.46. The van der Waals surface area contributed by atoms with Crippen LogP contribution in [0.1, 0.15) is 28.9 Å². The summed E-state index contributed by atoms with van der Waals surface area (Å²) in [5, 5.41) is 23.1. The first-order chi connectivity index (χ1) is 13.9. The van der Waals surface area contributed by atoms with Crippen LogP contribution < -0.4 is 0 Å². The molecule has 2 fully saturated rings. The fourth-order valence-corrected chi connectivity index (χ4v) is 5.61. The topological polar surface area (TPSA) is 120 Å². The highest BCUT2D eigenvalue weighted by Gasteiger charge is 2.68. The number of rotatable bonds is 1. The predicted molar refractivity (Wildman–Crippen MR) is 101 cm³/mol. The number of H-pyrrole nitrogens is 1. The summed E-state index contributed by atoms with van der Waals surface area (Å²) in [6.07, 6.45) is -0.130. The summed E-state index contributed by atoms with van der Waals surface area (Å²) >= 11 is 0. The lowest BCUT2D eigenvalue weighted by molar-refractivity contribution is -0.167. The molecule has 0 bridgehead atoms. The Bertz CT molecular complexity index is 1040. The monoisotopic (exact) mass is 398 g/mol. The Labute approximate surface area is 166 Å². The van der Waals surface area contributed by atoms with E-state index in [0.717, 1.165) is 16.5 Å². The molecule has 3 N–H and O–H groups in total. The molecule has 8 nitrogen and oxygen atoms in total. The average Bonchev–Trinajstić information content (AvgIpc) is 3.16. The molecule has 0 radical (unpaired) electrons. The van der Waals surface area contributed by atoms with E-state index < -0.39 is 41.3 Å². The van der Waals surface area contributed by atoms with E-state index in [1.165, 1.54) is 12.0 Å². The largest absolute Gasteiger partial charge is 0.469 e. The average molecular weight is 398 g/mol. The van der Waals surface area contributed by atoms with Crippen molar-refractivity contribution < 1.29 is 29.3 Å². The summed E-state index contributed by atoms with van der Waals surface area (Å²) in [5.74, 6) is -4.61. The molecule has 3 aliphatic rings. The molecule has 1 amide bonds. The number of esters is 1. The third-order valence-corrected chi connectivity index (χ3v) is 6.90. The zero-order chi connectivity index (χ0) is 20.5. The van der Waals surface area contributed by atoms with Gasteiger partial charge in [0.2, 0.25) is 17.4 Å². The van der Waals surface area contributed by atoms with Crippen molar-refractivity contribution in [1.82, 2.24) is 9.88 Å². The fraction of sp³-hybridized carbons (Fsp3) is 0.476. The molecule has 1 aromatic heterocycles. The molecule has 1 unspecified atom stereocenters. The van der Waals surface area contributed by atoms with Crippen LogP contribution in [0.4, 0.5) is 0 Å². The highest BCUT2D eigenvalue weighted by atomic mass is 16.5. The van der Waals surface area contributed by atoms with Crippen LogP contribution in [0, 0.1) is 17.8 Å². The number of hydrogen-bond donors (Lipinski definition) is 3. The molecule has 8 heteroatoms. The molecule has 1 saturated carbocycles. The van der Waals surface area contributed by atoms with Crippen LogP contribution in [0.5, 0.6) is 0 Å². The molecule has 152 valence electrons. The normalized spacial score (nSPS) is 33.8. The Kier molecular flexibility index (Phi) is 3.88. The van der Waals surface area contributed by atoms with Crippen molar-refractivity contribution in [2.45, 2.75) is 31.1 Å². The number of methoxy groups -OCH3 is 1. The third-order valence-electron chi connectivity index (χ3n) is 6.90. The minimum atomic E-state index is -2.20. The summed E-state index contributed by atoms with van der Waals surface area (Å²) < 4.78 is 4.85. The van der Waals surface area contributed by atoms with Crippen LogP contribution in [0.15, 0.2) is 24.3 Å². The predicted octanol–water partition coefficient (Wildman–Crippen LogP) is 0.614. The number of nitrogens with zero attached hydrogens (tertiary/aromatic N) is 1. The third kappa shape index (κ3) is 2.24. The van der Waals surface area contributed by atoms with Gasteiger partial charge in [0.05, 0.1) is 24.8 Å². The Morgan fingerprint density at radius 3 is 2.79 bits per heavy atom. The summed E-state index contributed by atoms with van der Waals surface area (Å²) in [4.78, 5) is 43.6. The van der Waals surface area contributed by atoms with Gasteiger partial charge in [-0.05, 0) is 30.9 Å². The maximum atomic E-state index is 13.7. The second kappa shape index (κ2) is 6.14. The summed E-state index contributed by atoms with van der Waals surface area (Å²) in [6.45, 7) is 0.160. The number of aliphatic hydroxyl groups is 2. The van der Waals surface area contributed by atoms with Gasteiger partial charge in [0, 0.05) is 29.3 Å². The van der Waals surface area contributed by atoms with E-state index in [-0.39, 0.29) is 24.6 Å². The van der Waals surface area contributed by atoms with E-state index in [2.05, 4.69) is 4.98 Å². The first-order valence-electron chi connectivity index (χ1n) is 9.83. The SMILES string of the molecule is COC(=O)[C@@H]1C2[C@@H](CC[C@H]1O)C(=O)N1CCc3c([nH]c4ccccc34)C(=O)[C@@]21O. The number of Topliss-reactive ketones (excluding diaryl/α,β-unsaturated/α-hetero) is 1. The Morgan fingerprint density at radius 2 is 2.03 bits per heavy atom. The van der Waals surface area contributed by atoms with E-state index in [1.807, 2.05) is 24.3 Å². The highest BCUT2D eigenvalue weighted by molar-refractivity contribution is 6.10. The minimum absolute atomic E-state index is 0.160. The first kappa shape index (κ1) is 18.3. The highest BCUT2D eigenvalue weighted by Crippen LogP contribution is 2.52. The standard InChI is InChI=1S/C21H22N2O6/c1-29-20(27)15-14(24)7-6-12-16(15)21(28)18(25)17-11(8-9-23(21)19(12)26)10-4-2-3-5-13(10)22-17/h2-5,12,14-16,22,24,28H,6-9H2,1H3/t12-,14-,15+,16?,21+/m1/s1. The molecule has 29 heavy (non-hydrogen) atoms. The number of benzene rings is 1. The lowest BCUT2D eigenvalue weighted by Crippen LogP contribution is -2.59. The van der Waals surface area contributed by atoms with Gasteiger partial charge in [-0.25, -0.2) is 0 Å². The number of nitrogens with one attached hydrogen (secondary N) is 1. The molecule has 1 aliphatic carbocycles. The van der Waals surface area contributed by atoms with Gasteiger partial charge in [-0.15, -0.1) is 0 Å². The van der Waals surface area contributed by atoms with Crippen LogP contribution in [0.25, 0.3) is 10.9 Å². The van der Waals surface area contributed by atoms with Crippen molar-refractivity contribution in [2.24, 2.45) is 17.8 Å². The van der Waals surface area contributed by atoms with Crippen molar-refractivity contribution in [2.75, 3.05) is 13.7 Å². The van der Waals surface area contributed by atoms with E-state index in [0.29, 0.717) is 12.8 Å². The van der Waals surface area contributed by atoms with Gasteiger partial charge < -0.3 is 24.8 Å². The Morgan fingerprint density at radius 1 is 1.28 bits per heavy atom. The first-order valence-corrected chi connectivity index (χ1v) is 9.83. The lowest BCUT2D eigenvalue weighted by atomic mass is 9.67. The van der Waals surface area contributed by atoms with Gasteiger partial charge in [-0.1, -0.05) is 18.2 Å². The number of fused-ring (bicyclic) bond motifs is 6. The van der Waals surface area contributed by atoms with Crippen molar-refractivity contribution in [1.29, 1.82) is 0 Å². The van der Waals surface area contributed by atoms with Gasteiger partial charge in [-0.2, -0.15) is 0 Å². The van der Waals surface area contributed by atoms with Crippen LogP contribution >= 0.6 is 0 Å². The number of amides is 1. The number of ether oxygens (including phenoxy) is 1. The molecule has 5 rings (SSSR count). The van der Waals surface area contributed by atoms with Crippen molar-refractivity contribution >= 4 is 28.6 Å². The van der Waals surface area contributed by atoms with Crippen molar-refractivity contribution in [3.05, 3.63) is 35.5 Å². The number of carbonyl (C=O) groups is 3. The number of ketones is 1. The molecule has 2 aliphatic heterocycles. The number of aromatic amines is 1. The van der Waals surface area contributed by atoms with E-state index >= 15 is 0 Å². The van der Waals surface area contributed by atoms with Gasteiger partial charge >= 0.3 is 5.97 Å². The zero-order valence-corrected chi connectivity index (χ0v) is 15.9. The van der Waals surface area contributed by atoms with Gasteiger partial charge in [0.25, 0.3) is 0 Å². The smallest absolute Gasteiger partial charge is 0.311 e. The van der Waals surface area contributed by atoms with Crippen molar-refractivity contribution in [3.63, 3.8) is 0 Å². The zero-order valence-electron chi connectivity index (χ0n) is 15.9. The van der Waals surface area contributed by atoms with Crippen LogP contribution in [0.3, 0.4) is 0 Å². The number of aromatic nitrogens is 1. The van der Waals surface area contributed by atoms with Crippen LogP contribution in [0.2, 0.25) is 0 Å². The quantitative estimate of drug-likeness (QED) is 0.606.